The summed E-state index contributed by atoms with van der Waals surface area (Å²) in [5.74, 6) is 2.70. The Bertz CT molecular complexity index is 220. The van der Waals surface area contributed by atoms with Crippen molar-refractivity contribution in [2.75, 3.05) is 6.54 Å². The molecule has 0 fully saturated rings. The molecule has 0 aliphatic carbocycles. The minimum Gasteiger partial charge on any atom is -0.352 e. The van der Waals surface area contributed by atoms with E-state index in [4.69, 9.17) is 12.2 Å². The third kappa shape index (κ3) is 8.31. The Balaban J connectivity index is 3.53. The summed E-state index contributed by atoms with van der Waals surface area (Å²) in [7, 11) is 0. The summed E-state index contributed by atoms with van der Waals surface area (Å²) in [4.78, 5) is 11.5. The lowest BCUT2D eigenvalue weighted by molar-refractivity contribution is -0.121. The van der Waals surface area contributed by atoms with E-state index >= 15 is 0 Å². The van der Waals surface area contributed by atoms with Crippen molar-refractivity contribution >= 4 is 5.91 Å². The lowest BCUT2D eigenvalue weighted by Crippen LogP contribution is -2.33. The highest BCUT2D eigenvalue weighted by Crippen LogP contribution is 2.03. The molecule has 0 spiro atoms. The molecule has 0 aliphatic heterocycles. The van der Waals surface area contributed by atoms with Crippen molar-refractivity contribution in [2.24, 2.45) is 5.73 Å². The predicted octanol–water partition coefficient (Wildman–Crippen LogP) is 1.81. The van der Waals surface area contributed by atoms with Gasteiger partial charge in [-0.15, -0.1) is 12.3 Å². The normalized spacial score (nSPS) is 11.8. The molecule has 0 saturated carbocycles. The first-order chi connectivity index (χ1) is 7.74. The highest BCUT2D eigenvalue weighted by molar-refractivity contribution is 5.76. The highest BCUT2D eigenvalue weighted by atomic mass is 16.1. The number of hydrogen-bond acceptors (Lipinski definition) is 2. The fourth-order valence-corrected chi connectivity index (χ4v) is 1.52. The average molecular weight is 224 g/mol. The van der Waals surface area contributed by atoms with E-state index in [-0.39, 0.29) is 11.9 Å². The molecule has 1 atom stereocenters. The molecule has 0 bridgehead atoms. The van der Waals surface area contributed by atoms with E-state index in [9.17, 15) is 4.79 Å². The van der Waals surface area contributed by atoms with Crippen molar-refractivity contribution in [3.8, 4) is 12.3 Å². The third-order valence-electron chi connectivity index (χ3n) is 2.58. The van der Waals surface area contributed by atoms with Crippen LogP contribution in [0, 0.1) is 12.3 Å². The largest absolute Gasteiger partial charge is 0.352 e. The number of rotatable bonds is 9. The van der Waals surface area contributed by atoms with Crippen LogP contribution in [0.5, 0.6) is 0 Å². The third-order valence-corrected chi connectivity index (χ3v) is 2.58. The SMILES string of the molecule is C#CCC(CC)NC(=O)CCCCCCN. The summed E-state index contributed by atoms with van der Waals surface area (Å²) in [6.07, 6.45) is 11.5. The topological polar surface area (TPSA) is 55.1 Å². The summed E-state index contributed by atoms with van der Waals surface area (Å²) in [5.41, 5.74) is 5.39. The van der Waals surface area contributed by atoms with Crippen molar-refractivity contribution in [3.05, 3.63) is 0 Å². The van der Waals surface area contributed by atoms with Crippen LogP contribution in [0.2, 0.25) is 0 Å². The van der Waals surface area contributed by atoms with Gasteiger partial charge in [0.05, 0.1) is 0 Å². The monoisotopic (exact) mass is 224 g/mol. The van der Waals surface area contributed by atoms with Gasteiger partial charge in [-0.25, -0.2) is 0 Å². The first-order valence-corrected chi connectivity index (χ1v) is 6.17. The van der Waals surface area contributed by atoms with E-state index < -0.39 is 0 Å². The molecule has 0 aromatic carbocycles. The van der Waals surface area contributed by atoms with Crippen LogP contribution in [0.3, 0.4) is 0 Å². The smallest absolute Gasteiger partial charge is 0.220 e. The van der Waals surface area contributed by atoms with Gasteiger partial charge >= 0.3 is 0 Å². The molecular weight excluding hydrogens is 200 g/mol. The molecule has 0 heterocycles. The van der Waals surface area contributed by atoms with Crippen LogP contribution >= 0.6 is 0 Å². The number of carbonyl (C=O) groups excluding carboxylic acids is 1. The Hall–Kier alpha value is -1.01. The Morgan fingerprint density at radius 1 is 1.38 bits per heavy atom. The Labute approximate surface area is 99.2 Å². The van der Waals surface area contributed by atoms with Gasteiger partial charge in [-0.2, -0.15) is 0 Å². The fourth-order valence-electron chi connectivity index (χ4n) is 1.52. The van der Waals surface area contributed by atoms with Crippen LogP contribution in [0.25, 0.3) is 0 Å². The van der Waals surface area contributed by atoms with Gasteiger partial charge < -0.3 is 11.1 Å². The first-order valence-electron chi connectivity index (χ1n) is 6.17. The van der Waals surface area contributed by atoms with Crippen molar-refractivity contribution in [2.45, 2.75) is 57.9 Å². The molecular formula is C13H24N2O. The molecule has 0 aromatic rings. The molecule has 0 aromatic heterocycles. The van der Waals surface area contributed by atoms with Crippen LogP contribution in [0.4, 0.5) is 0 Å². The van der Waals surface area contributed by atoms with Gasteiger partial charge in [-0.1, -0.05) is 19.8 Å². The second-order valence-corrected chi connectivity index (χ2v) is 4.03. The lowest BCUT2D eigenvalue weighted by atomic mass is 10.1. The molecule has 3 N–H and O–H groups in total. The van der Waals surface area contributed by atoms with E-state index in [2.05, 4.69) is 11.2 Å². The molecule has 3 heteroatoms. The second-order valence-electron chi connectivity index (χ2n) is 4.03. The molecule has 0 rings (SSSR count). The van der Waals surface area contributed by atoms with Gasteiger partial charge in [-0.05, 0) is 25.8 Å². The second kappa shape index (κ2) is 10.5. The minimum atomic E-state index is 0.120. The molecule has 0 radical (unpaired) electrons. The number of amides is 1. The summed E-state index contributed by atoms with van der Waals surface area (Å²) in [5, 5.41) is 2.95. The number of nitrogens with two attached hydrogens (primary N) is 1. The number of hydrogen-bond donors (Lipinski definition) is 2. The van der Waals surface area contributed by atoms with Crippen molar-refractivity contribution in [1.29, 1.82) is 0 Å². The summed E-state index contributed by atoms with van der Waals surface area (Å²) < 4.78 is 0. The van der Waals surface area contributed by atoms with Crippen LogP contribution in [0.15, 0.2) is 0 Å². The first kappa shape index (κ1) is 15.0. The van der Waals surface area contributed by atoms with E-state index in [1.807, 2.05) is 6.92 Å². The zero-order chi connectivity index (χ0) is 12.2. The van der Waals surface area contributed by atoms with Crippen LogP contribution in [-0.4, -0.2) is 18.5 Å². The van der Waals surface area contributed by atoms with Crippen LogP contribution in [-0.2, 0) is 4.79 Å². The van der Waals surface area contributed by atoms with Gasteiger partial charge in [0, 0.05) is 18.9 Å². The van der Waals surface area contributed by atoms with E-state index in [1.165, 1.54) is 0 Å². The zero-order valence-corrected chi connectivity index (χ0v) is 10.3. The average Bonchev–Trinajstić information content (AvgIpc) is 2.28. The Morgan fingerprint density at radius 2 is 2.06 bits per heavy atom. The van der Waals surface area contributed by atoms with Gasteiger partial charge in [-0.3, -0.25) is 4.79 Å². The standard InChI is InChI=1S/C13H24N2O/c1-3-9-12(4-2)15-13(16)10-7-5-6-8-11-14/h1,12H,4-11,14H2,2H3,(H,15,16). The van der Waals surface area contributed by atoms with Crippen molar-refractivity contribution < 1.29 is 4.79 Å². The van der Waals surface area contributed by atoms with Crippen molar-refractivity contribution in [3.63, 3.8) is 0 Å². The van der Waals surface area contributed by atoms with E-state index in [1.54, 1.807) is 0 Å². The number of carbonyl (C=O) groups is 1. The number of unbranched alkanes of at least 4 members (excludes halogenated alkanes) is 3. The van der Waals surface area contributed by atoms with Crippen LogP contribution in [0.1, 0.15) is 51.9 Å². The van der Waals surface area contributed by atoms with Gasteiger partial charge in [0.25, 0.3) is 0 Å². The maximum absolute atomic E-state index is 11.5. The molecule has 0 saturated heterocycles. The quantitative estimate of drug-likeness (QED) is 0.463. The van der Waals surface area contributed by atoms with E-state index in [0.717, 1.165) is 38.6 Å². The fraction of sp³-hybridized carbons (Fsp3) is 0.769. The van der Waals surface area contributed by atoms with Gasteiger partial charge in [0.1, 0.15) is 0 Å². The zero-order valence-electron chi connectivity index (χ0n) is 10.3. The lowest BCUT2D eigenvalue weighted by Gasteiger charge is -2.13. The van der Waals surface area contributed by atoms with Gasteiger partial charge in [0.15, 0.2) is 0 Å². The molecule has 0 aliphatic rings. The van der Waals surface area contributed by atoms with Crippen LogP contribution < -0.4 is 11.1 Å². The van der Waals surface area contributed by atoms with E-state index in [0.29, 0.717) is 12.8 Å². The Kier molecular flexibility index (Phi) is 9.84. The summed E-state index contributed by atoms with van der Waals surface area (Å²) in [6, 6.07) is 0.140. The molecule has 16 heavy (non-hydrogen) atoms. The predicted molar refractivity (Wildman–Crippen MR) is 67.8 cm³/mol. The van der Waals surface area contributed by atoms with Gasteiger partial charge in [0.2, 0.25) is 5.91 Å². The molecule has 1 unspecified atom stereocenters. The highest BCUT2D eigenvalue weighted by Gasteiger charge is 2.08. The molecule has 3 nitrogen and oxygen atoms in total. The molecule has 92 valence electrons. The van der Waals surface area contributed by atoms with Crippen molar-refractivity contribution in [1.82, 2.24) is 5.32 Å². The summed E-state index contributed by atoms with van der Waals surface area (Å²) >= 11 is 0. The maximum atomic E-state index is 11.5. The number of terminal acetylenes is 1. The number of nitrogens with one attached hydrogen (secondary N) is 1. The molecule has 1 amide bonds. The maximum Gasteiger partial charge on any atom is 0.220 e. The summed E-state index contributed by atoms with van der Waals surface area (Å²) in [6.45, 7) is 2.77. The Morgan fingerprint density at radius 3 is 2.62 bits per heavy atom. The minimum absolute atomic E-state index is 0.120.